The van der Waals surface area contributed by atoms with Gasteiger partial charge in [-0.05, 0) is 12.8 Å². The van der Waals surface area contributed by atoms with Crippen LogP contribution in [0.3, 0.4) is 0 Å². The van der Waals surface area contributed by atoms with Gasteiger partial charge in [-0.15, -0.1) is 0 Å². The first-order valence-corrected chi connectivity index (χ1v) is 4.74. The normalized spacial score (nSPS) is 21.6. The second-order valence-electron chi connectivity index (χ2n) is 2.89. The predicted octanol–water partition coefficient (Wildman–Crippen LogP) is -0.467. The van der Waals surface area contributed by atoms with Crippen molar-refractivity contribution >= 4 is 24.6 Å². The minimum absolute atomic E-state index is 0.265. The van der Waals surface area contributed by atoms with Crippen molar-refractivity contribution in [2.45, 2.75) is 18.9 Å². The molecule has 1 rings (SSSR count). The van der Waals surface area contributed by atoms with Crippen LogP contribution in [0.4, 0.5) is 4.79 Å². The smallest absolute Gasteiger partial charge is 0.318 e. The first-order chi connectivity index (χ1) is 6.16. The van der Waals surface area contributed by atoms with E-state index in [4.69, 9.17) is 5.73 Å². The molecule has 1 heterocycles. The lowest BCUT2D eigenvalue weighted by Gasteiger charge is -2.21. The minimum Gasteiger partial charge on any atom is -0.368 e. The molecule has 1 aliphatic heterocycles. The van der Waals surface area contributed by atoms with Crippen molar-refractivity contribution < 1.29 is 9.59 Å². The molecule has 3 amide bonds. The molecule has 74 valence electrons. The number of hydrogen-bond donors (Lipinski definition) is 3. The van der Waals surface area contributed by atoms with Crippen LogP contribution in [0, 0.1) is 0 Å². The van der Waals surface area contributed by atoms with E-state index < -0.39 is 11.9 Å². The predicted molar refractivity (Wildman–Crippen MR) is 51.3 cm³/mol. The number of rotatable bonds is 2. The highest BCUT2D eigenvalue weighted by molar-refractivity contribution is 7.80. The summed E-state index contributed by atoms with van der Waals surface area (Å²) in [6.45, 7) is 0.590. The maximum Gasteiger partial charge on any atom is 0.318 e. The number of primary amides is 1. The molecule has 0 aromatic rings. The Morgan fingerprint density at radius 1 is 1.62 bits per heavy atom. The van der Waals surface area contributed by atoms with E-state index in [1.807, 2.05) is 0 Å². The number of urea groups is 1. The van der Waals surface area contributed by atoms with Crippen molar-refractivity contribution in [3.8, 4) is 0 Å². The summed E-state index contributed by atoms with van der Waals surface area (Å²) in [6, 6.07) is -0.712. The van der Waals surface area contributed by atoms with Crippen LogP contribution in [0.2, 0.25) is 0 Å². The van der Waals surface area contributed by atoms with Gasteiger partial charge in [-0.2, -0.15) is 12.6 Å². The summed E-state index contributed by atoms with van der Waals surface area (Å²) in [5.41, 5.74) is 5.14. The van der Waals surface area contributed by atoms with Gasteiger partial charge >= 0.3 is 6.03 Å². The van der Waals surface area contributed by atoms with Gasteiger partial charge < -0.3 is 16.0 Å². The van der Waals surface area contributed by atoms with Crippen molar-refractivity contribution in [1.82, 2.24) is 10.2 Å². The second-order valence-corrected chi connectivity index (χ2v) is 3.21. The van der Waals surface area contributed by atoms with Crippen molar-refractivity contribution in [1.29, 1.82) is 0 Å². The third kappa shape index (κ3) is 2.27. The van der Waals surface area contributed by atoms with Crippen LogP contribution in [0.1, 0.15) is 12.8 Å². The van der Waals surface area contributed by atoms with Crippen molar-refractivity contribution in [3.05, 3.63) is 0 Å². The molecule has 1 atom stereocenters. The van der Waals surface area contributed by atoms with Gasteiger partial charge in [-0.1, -0.05) is 0 Å². The summed E-state index contributed by atoms with van der Waals surface area (Å²) in [5.74, 6) is -0.173. The van der Waals surface area contributed by atoms with E-state index in [0.29, 0.717) is 13.0 Å². The monoisotopic (exact) mass is 203 g/mol. The fraction of sp³-hybridized carbons (Fsp3) is 0.714. The molecule has 0 aliphatic carbocycles. The van der Waals surface area contributed by atoms with E-state index in [0.717, 1.165) is 6.42 Å². The van der Waals surface area contributed by atoms with Gasteiger partial charge in [-0.25, -0.2) is 4.79 Å². The van der Waals surface area contributed by atoms with E-state index in [9.17, 15) is 9.59 Å². The average Bonchev–Trinajstić information content (AvgIpc) is 2.52. The Kier molecular flexibility index (Phi) is 3.41. The van der Waals surface area contributed by atoms with Crippen LogP contribution in [-0.2, 0) is 4.79 Å². The Morgan fingerprint density at radius 3 is 2.85 bits per heavy atom. The van der Waals surface area contributed by atoms with E-state index in [1.165, 1.54) is 4.90 Å². The molecule has 0 aromatic heterocycles. The van der Waals surface area contributed by atoms with Gasteiger partial charge in [0.1, 0.15) is 6.04 Å². The first-order valence-electron chi connectivity index (χ1n) is 4.11. The van der Waals surface area contributed by atoms with E-state index in [2.05, 4.69) is 17.9 Å². The number of carbonyl (C=O) groups is 2. The Bertz CT molecular complexity index is 222. The molecule has 13 heavy (non-hydrogen) atoms. The van der Waals surface area contributed by atoms with E-state index in [1.54, 1.807) is 0 Å². The third-order valence-electron chi connectivity index (χ3n) is 2.07. The zero-order chi connectivity index (χ0) is 9.84. The lowest BCUT2D eigenvalue weighted by Crippen LogP contribution is -2.47. The highest BCUT2D eigenvalue weighted by Gasteiger charge is 2.32. The highest BCUT2D eigenvalue weighted by Crippen LogP contribution is 2.16. The maximum absolute atomic E-state index is 11.3. The summed E-state index contributed by atoms with van der Waals surface area (Å²) in [5, 5.41) is 2.52. The lowest BCUT2D eigenvalue weighted by molar-refractivity contribution is -0.121. The van der Waals surface area contributed by atoms with Gasteiger partial charge in [0, 0.05) is 6.54 Å². The number of nitrogens with zero attached hydrogens (tertiary/aromatic N) is 1. The number of hydrogen-bond acceptors (Lipinski definition) is 3. The molecule has 0 unspecified atom stereocenters. The van der Waals surface area contributed by atoms with Crippen LogP contribution in [0.15, 0.2) is 0 Å². The average molecular weight is 203 g/mol. The summed E-state index contributed by atoms with van der Waals surface area (Å²) in [4.78, 5) is 23.7. The summed E-state index contributed by atoms with van der Waals surface area (Å²) in [6.07, 6.45) is 1.49. The van der Waals surface area contributed by atoms with Crippen LogP contribution >= 0.6 is 12.6 Å². The summed E-state index contributed by atoms with van der Waals surface area (Å²) < 4.78 is 0. The number of amides is 3. The zero-order valence-electron chi connectivity index (χ0n) is 7.19. The first kappa shape index (κ1) is 10.2. The van der Waals surface area contributed by atoms with Gasteiger partial charge in [0.25, 0.3) is 0 Å². The van der Waals surface area contributed by atoms with Crippen LogP contribution in [0.5, 0.6) is 0 Å². The fourth-order valence-electron chi connectivity index (χ4n) is 1.47. The van der Waals surface area contributed by atoms with E-state index in [-0.39, 0.29) is 11.9 Å². The molecular formula is C7H13N3O2S. The Balaban J connectivity index is 2.57. The summed E-state index contributed by atoms with van der Waals surface area (Å²) in [7, 11) is 0. The Labute approximate surface area is 82.1 Å². The molecule has 6 heteroatoms. The van der Waals surface area contributed by atoms with Crippen molar-refractivity contribution in [2.75, 3.05) is 12.4 Å². The highest BCUT2D eigenvalue weighted by atomic mass is 32.1. The summed E-state index contributed by atoms with van der Waals surface area (Å²) >= 11 is 3.86. The van der Waals surface area contributed by atoms with Gasteiger partial charge in [0.15, 0.2) is 0 Å². The van der Waals surface area contributed by atoms with Crippen molar-refractivity contribution in [2.24, 2.45) is 5.73 Å². The zero-order valence-corrected chi connectivity index (χ0v) is 8.09. The number of carbonyl (C=O) groups excluding carboxylic acids is 2. The Morgan fingerprint density at radius 2 is 2.31 bits per heavy atom. The molecule has 0 aromatic carbocycles. The standard InChI is InChI=1S/C7H13N3O2S/c8-6(11)5-2-1-3-10(5)7(12)9-4-13/h5,13H,1-4H2,(H2,8,11)(H,9,12)/t5-/m0/s1. The number of nitrogens with one attached hydrogen (secondary N) is 1. The molecule has 1 fully saturated rings. The largest absolute Gasteiger partial charge is 0.368 e. The van der Waals surface area contributed by atoms with Crippen LogP contribution in [0.25, 0.3) is 0 Å². The SMILES string of the molecule is NC(=O)[C@@H]1CCCN1C(=O)NCS. The topological polar surface area (TPSA) is 75.4 Å². The van der Waals surface area contributed by atoms with Gasteiger partial charge in [0.05, 0.1) is 5.88 Å². The van der Waals surface area contributed by atoms with Crippen LogP contribution < -0.4 is 11.1 Å². The Hall–Kier alpha value is -0.910. The molecule has 5 nitrogen and oxygen atoms in total. The van der Waals surface area contributed by atoms with Gasteiger partial charge in [-0.3, -0.25) is 4.79 Å². The minimum atomic E-state index is -0.445. The maximum atomic E-state index is 11.3. The molecule has 0 spiro atoms. The molecule has 1 saturated heterocycles. The van der Waals surface area contributed by atoms with Crippen LogP contribution in [-0.4, -0.2) is 35.3 Å². The lowest BCUT2D eigenvalue weighted by atomic mass is 10.2. The molecule has 0 radical (unpaired) electrons. The molecule has 0 bridgehead atoms. The molecule has 0 saturated carbocycles. The molecule has 3 N–H and O–H groups in total. The van der Waals surface area contributed by atoms with E-state index >= 15 is 0 Å². The quantitative estimate of drug-likeness (QED) is 0.419. The molecule has 1 aliphatic rings. The van der Waals surface area contributed by atoms with Crippen molar-refractivity contribution in [3.63, 3.8) is 0 Å². The number of likely N-dealkylation sites (tertiary alicyclic amines) is 1. The second kappa shape index (κ2) is 4.36. The fourth-order valence-corrected chi connectivity index (χ4v) is 1.61. The molecular weight excluding hydrogens is 190 g/mol. The van der Waals surface area contributed by atoms with Gasteiger partial charge in [0.2, 0.25) is 5.91 Å². The number of nitrogens with two attached hydrogens (primary N) is 1. The number of thiol groups is 1. The third-order valence-corrected chi connectivity index (χ3v) is 2.23.